The molecule has 0 aliphatic heterocycles. The van der Waals surface area contributed by atoms with Gasteiger partial charge in [-0.2, -0.15) is 0 Å². The molecule has 2 N–H and O–H groups in total. The molecule has 0 rings (SSSR count). The Morgan fingerprint density at radius 2 is 2.70 bits per heavy atom. The Morgan fingerprint density at radius 3 is 3.10 bits per heavy atom. The van der Waals surface area contributed by atoms with Gasteiger partial charge in [-0.05, 0) is 19.3 Å². The van der Waals surface area contributed by atoms with Crippen LogP contribution in [0.2, 0.25) is 0 Å². The van der Waals surface area contributed by atoms with Gasteiger partial charge < -0.3 is 10.4 Å². The molecule has 0 bridgehead atoms. The van der Waals surface area contributed by atoms with E-state index < -0.39 is 45.0 Å². The summed E-state index contributed by atoms with van der Waals surface area (Å²) in [7, 11) is 0. The van der Waals surface area contributed by atoms with Gasteiger partial charge in [0.15, 0.2) is 0 Å². The smallest absolute Gasteiger partial charge is 0.320 e. The fraction of sp³-hybridized carbons (Fsp3) is 0.857. The molecule has 60 valence electrons. The predicted octanol–water partition coefficient (Wildman–Crippen LogP) is 0.705. The minimum absolute atomic E-state index is 1.35. The van der Waals surface area contributed by atoms with Gasteiger partial charge in [-0.15, -0.1) is 0 Å². The standard InChI is InChI=1S/C7H15NO2/c1-5(2)4-6(8-3)7(9)10/h5-6,8H,4H2,1-3H3,(H,9,10)/i1D3,2D3,3D2,4D2,5D,6D. The molecule has 0 radical (unpaired) electrons. The van der Waals surface area contributed by atoms with Crippen LogP contribution in [0.1, 0.15) is 36.5 Å². The van der Waals surface area contributed by atoms with Crippen molar-refractivity contribution in [2.24, 2.45) is 5.89 Å². The van der Waals surface area contributed by atoms with E-state index >= 15 is 0 Å². The van der Waals surface area contributed by atoms with E-state index in [1.54, 1.807) is 0 Å². The Labute approximate surface area is 78.3 Å². The fourth-order valence-electron chi connectivity index (χ4n) is 0.276. The minimum Gasteiger partial charge on any atom is -0.480 e. The van der Waals surface area contributed by atoms with E-state index in [-0.39, 0.29) is 0 Å². The Kier molecular flexibility index (Phi) is 0.687. The Balaban J connectivity index is 6.50. The van der Waals surface area contributed by atoms with Crippen molar-refractivity contribution in [3.05, 3.63) is 0 Å². The van der Waals surface area contributed by atoms with Gasteiger partial charge in [0.1, 0.15) is 6.02 Å². The van der Waals surface area contributed by atoms with Gasteiger partial charge in [0.2, 0.25) is 0 Å². The lowest BCUT2D eigenvalue weighted by Gasteiger charge is -2.12. The van der Waals surface area contributed by atoms with Gasteiger partial charge in [-0.25, -0.2) is 0 Å². The molecule has 0 saturated heterocycles. The molecule has 0 aromatic rings. The lowest BCUT2D eigenvalue weighted by atomic mass is 10.0. The SMILES string of the molecule is [2H]C([2H])NC([2H])(C(=O)O)C([2H])([2H])C([2H])(C([2H])([2H])[2H])C([2H])([2H])[2H]. The van der Waals surface area contributed by atoms with Crippen molar-refractivity contribution >= 4 is 5.97 Å². The van der Waals surface area contributed by atoms with Crippen LogP contribution in [0.5, 0.6) is 0 Å². The lowest BCUT2D eigenvalue weighted by Crippen LogP contribution is -2.34. The van der Waals surface area contributed by atoms with Crippen LogP contribution in [0.25, 0.3) is 0 Å². The molecular weight excluding hydrogens is 130 g/mol. The first kappa shape index (κ1) is 1.61. The molecule has 0 heterocycles. The molecule has 10 heavy (non-hydrogen) atoms. The largest absolute Gasteiger partial charge is 0.480 e. The molecule has 0 aromatic carbocycles. The second-order valence-electron chi connectivity index (χ2n) is 1.32. The number of carboxylic acids is 1. The number of nitrogens with one attached hydrogen (secondary N) is 1. The predicted molar refractivity (Wildman–Crippen MR) is 39.9 cm³/mol. The summed E-state index contributed by atoms with van der Waals surface area (Å²) in [5.41, 5.74) is 0. The highest BCUT2D eigenvalue weighted by molar-refractivity contribution is 5.73. The third kappa shape index (κ3) is 3.45. The van der Waals surface area contributed by atoms with Crippen molar-refractivity contribution in [2.45, 2.75) is 26.1 Å². The van der Waals surface area contributed by atoms with Crippen molar-refractivity contribution in [3.63, 3.8) is 0 Å². The fourth-order valence-corrected chi connectivity index (χ4v) is 0.276. The molecule has 0 aliphatic rings. The zero-order chi connectivity index (χ0) is 18.4. The average molecular weight is 157 g/mol. The lowest BCUT2D eigenvalue weighted by molar-refractivity contribution is -0.139. The quantitative estimate of drug-likeness (QED) is 0.631. The number of likely N-dealkylation sites (N-methyl/N-ethyl adjacent to an activating group) is 1. The molecule has 0 saturated carbocycles. The number of carbonyl (C=O) groups is 1. The van der Waals surface area contributed by atoms with Crippen LogP contribution in [0, 0.1) is 5.89 Å². The highest BCUT2D eigenvalue weighted by Gasteiger charge is 2.15. The summed E-state index contributed by atoms with van der Waals surface area (Å²) in [6.45, 7) is -9.91. The van der Waals surface area contributed by atoms with Crippen molar-refractivity contribution in [1.82, 2.24) is 5.32 Å². The summed E-state index contributed by atoms with van der Waals surface area (Å²) in [4.78, 5) is 11.2. The zero-order valence-corrected chi connectivity index (χ0v) is 4.93. The van der Waals surface area contributed by atoms with Crippen LogP contribution in [0.3, 0.4) is 0 Å². The van der Waals surface area contributed by atoms with Crippen molar-refractivity contribution in [3.8, 4) is 0 Å². The third-order valence-corrected chi connectivity index (χ3v) is 0.608. The second kappa shape index (κ2) is 4.28. The van der Waals surface area contributed by atoms with E-state index in [2.05, 4.69) is 0 Å². The second-order valence-corrected chi connectivity index (χ2v) is 1.32. The maximum atomic E-state index is 11.2. The molecule has 3 heteroatoms. The van der Waals surface area contributed by atoms with Crippen LogP contribution in [0.15, 0.2) is 0 Å². The first-order valence-electron chi connectivity index (χ1n) is 8.37. The van der Waals surface area contributed by atoms with E-state index in [1.807, 2.05) is 0 Å². The van der Waals surface area contributed by atoms with Gasteiger partial charge in [-0.1, -0.05) is 13.7 Å². The number of carboxylic acid groups (broad SMARTS) is 1. The molecule has 0 spiro atoms. The van der Waals surface area contributed by atoms with Crippen molar-refractivity contribution in [2.75, 3.05) is 7.00 Å². The molecule has 0 amide bonds. The van der Waals surface area contributed by atoms with Crippen molar-refractivity contribution < 1.29 is 26.4 Å². The molecular formula is C7H15NO2. The number of hydrogen-bond acceptors (Lipinski definition) is 2. The first-order chi connectivity index (χ1) is 9.36. The van der Waals surface area contributed by atoms with Gasteiger partial charge in [0.05, 0.1) is 1.37 Å². The van der Waals surface area contributed by atoms with Crippen molar-refractivity contribution in [1.29, 1.82) is 0 Å². The van der Waals surface area contributed by atoms with Crippen LogP contribution >= 0.6 is 0 Å². The van der Waals surface area contributed by atoms with E-state index in [9.17, 15) is 4.79 Å². The number of aliphatic carboxylic acids is 1. The summed E-state index contributed by atoms with van der Waals surface area (Å²) in [5.74, 6) is -6.35. The summed E-state index contributed by atoms with van der Waals surface area (Å²) < 4.78 is 87.2. The maximum Gasteiger partial charge on any atom is 0.320 e. The van der Waals surface area contributed by atoms with Gasteiger partial charge in [-0.3, -0.25) is 4.79 Å². The normalized spacial score (nSPS) is 39.7. The van der Waals surface area contributed by atoms with E-state index in [1.165, 1.54) is 5.32 Å². The van der Waals surface area contributed by atoms with Gasteiger partial charge in [0, 0.05) is 15.1 Å². The Hall–Kier alpha value is -0.570. The Bertz CT molecular complexity index is 414. The summed E-state index contributed by atoms with van der Waals surface area (Å²) in [6.07, 6.45) is -4.01. The summed E-state index contributed by atoms with van der Waals surface area (Å²) in [6, 6.07) is -3.72. The number of rotatable bonds is 4. The van der Waals surface area contributed by atoms with Crippen LogP contribution in [-0.4, -0.2) is 24.1 Å². The molecule has 3 nitrogen and oxygen atoms in total. The molecule has 1 atom stereocenters. The van der Waals surface area contributed by atoms with Crippen LogP contribution in [0.4, 0.5) is 0 Å². The van der Waals surface area contributed by atoms with Crippen LogP contribution < -0.4 is 5.32 Å². The summed E-state index contributed by atoms with van der Waals surface area (Å²) >= 11 is 0. The zero-order valence-electron chi connectivity index (χ0n) is 16.9. The van der Waals surface area contributed by atoms with Gasteiger partial charge in [0.25, 0.3) is 0 Å². The first-order valence-corrected chi connectivity index (χ1v) is 2.22. The monoisotopic (exact) mass is 157 g/mol. The van der Waals surface area contributed by atoms with E-state index in [0.717, 1.165) is 0 Å². The number of hydrogen-bond donors (Lipinski definition) is 2. The third-order valence-electron chi connectivity index (χ3n) is 0.608. The Morgan fingerprint density at radius 1 is 2.00 bits per heavy atom. The topological polar surface area (TPSA) is 49.3 Å². The molecule has 0 fully saturated rings. The van der Waals surface area contributed by atoms with E-state index in [4.69, 9.17) is 21.6 Å². The average Bonchev–Trinajstić information content (AvgIpc) is 2.22. The summed E-state index contributed by atoms with van der Waals surface area (Å²) in [5, 5.41) is 10.4. The van der Waals surface area contributed by atoms with E-state index in [0.29, 0.717) is 0 Å². The molecule has 0 aliphatic carbocycles. The maximum absolute atomic E-state index is 11.2. The van der Waals surface area contributed by atoms with Gasteiger partial charge >= 0.3 is 5.97 Å². The minimum atomic E-state index is -4.01. The highest BCUT2D eigenvalue weighted by atomic mass is 16.4. The van der Waals surface area contributed by atoms with Crippen LogP contribution in [-0.2, 0) is 4.79 Å². The molecule has 0 aromatic heterocycles. The highest BCUT2D eigenvalue weighted by Crippen LogP contribution is 2.03. The molecule has 1 unspecified atom stereocenters.